The normalized spacial score (nSPS) is 20.1. The Kier molecular flexibility index (Phi) is 6.00. The van der Waals surface area contributed by atoms with Crippen LogP contribution in [0.5, 0.6) is 0 Å². The zero-order valence-corrected chi connectivity index (χ0v) is 17.5. The van der Waals surface area contributed by atoms with Crippen LogP contribution < -0.4 is 9.80 Å². The molecule has 8 heteroatoms. The van der Waals surface area contributed by atoms with E-state index in [4.69, 9.17) is 9.47 Å². The van der Waals surface area contributed by atoms with Gasteiger partial charge in [-0.3, -0.25) is 9.59 Å². The second kappa shape index (κ2) is 8.31. The first-order valence-corrected chi connectivity index (χ1v) is 9.89. The summed E-state index contributed by atoms with van der Waals surface area (Å²) in [4.78, 5) is 41.7. The van der Waals surface area contributed by atoms with Crippen LogP contribution in [0.2, 0.25) is 0 Å². The Bertz CT molecular complexity index is 764. The first-order chi connectivity index (χ1) is 13.7. The maximum Gasteiger partial charge on any atom is 0.410 e. The maximum atomic E-state index is 12.2. The average Bonchev–Trinajstić information content (AvgIpc) is 3.08. The highest BCUT2D eigenvalue weighted by atomic mass is 16.6. The monoisotopic (exact) mass is 403 g/mol. The van der Waals surface area contributed by atoms with Gasteiger partial charge in [-0.2, -0.15) is 0 Å². The number of piperazine rings is 1. The molecule has 1 atom stereocenters. The lowest BCUT2D eigenvalue weighted by Gasteiger charge is -2.36. The van der Waals surface area contributed by atoms with Gasteiger partial charge in [-0.1, -0.05) is 0 Å². The Balaban J connectivity index is 1.57. The van der Waals surface area contributed by atoms with Gasteiger partial charge in [0, 0.05) is 50.5 Å². The van der Waals surface area contributed by atoms with E-state index in [1.165, 1.54) is 7.11 Å². The van der Waals surface area contributed by atoms with E-state index in [9.17, 15) is 14.4 Å². The third-order valence-electron chi connectivity index (χ3n) is 5.12. The van der Waals surface area contributed by atoms with E-state index in [2.05, 4.69) is 4.90 Å². The number of methoxy groups -OCH3 is 1. The van der Waals surface area contributed by atoms with Crippen molar-refractivity contribution >= 4 is 29.3 Å². The molecule has 0 spiro atoms. The zero-order valence-electron chi connectivity index (χ0n) is 17.5. The summed E-state index contributed by atoms with van der Waals surface area (Å²) in [5.74, 6) is -0.826. The van der Waals surface area contributed by atoms with Crippen molar-refractivity contribution in [3.8, 4) is 0 Å². The van der Waals surface area contributed by atoms with Gasteiger partial charge in [0.1, 0.15) is 5.60 Å². The highest BCUT2D eigenvalue weighted by Crippen LogP contribution is 2.28. The van der Waals surface area contributed by atoms with E-state index in [1.807, 2.05) is 45.0 Å². The molecule has 1 aromatic rings. The molecule has 0 bridgehead atoms. The minimum Gasteiger partial charge on any atom is -0.469 e. The number of amides is 2. The standard InChI is InChI=1S/C21H29N3O5/c1-21(2,3)29-20(27)23-11-9-22(10-12-23)16-5-7-17(8-6-16)24-14-15(13-18(24)25)19(26)28-4/h5-8,15H,9-14H2,1-4H3. The van der Waals surface area contributed by atoms with Gasteiger partial charge in [-0.05, 0) is 45.0 Å². The Morgan fingerprint density at radius 1 is 1.00 bits per heavy atom. The second-order valence-corrected chi connectivity index (χ2v) is 8.40. The van der Waals surface area contributed by atoms with Crippen molar-refractivity contribution in [1.29, 1.82) is 0 Å². The molecule has 2 fully saturated rings. The Morgan fingerprint density at radius 2 is 1.59 bits per heavy atom. The molecule has 8 nitrogen and oxygen atoms in total. The molecule has 0 aliphatic carbocycles. The molecule has 2 aliphatic heterocycles. The van der Waals surface area contributed by atoms with E-state index < -0.39 is 11.5 Å². The zero-order chi connectivity index (χ0) is 21.2. The van der Waals surface area contributed by atoms with Crippen LogP contribution in [0, 0.1) is 5.92 Å². The number of carbonyl (C=O) groups excluding carboxylic acids is 3. The first-order valence-electron chi connectivity index (χ1n) is 9.89. The number of carbonyl (C=O) groups is 3. The molecule has 2 amide bonds. The number of benzene rings is 1. The van der Waals surface area contributed by atoms with E-state index in [0.29, 0.717) is 32.7 Å². The van der Waals surface area contributed by atoms with Crippen LogP contribution in [0.1, 0.15) is 27.2 Å². The molecular formula is C21H29N3O5. The fraction of sp³-hybridized carbons (Fsp3) is 0.571. The fourth-order valence-corrected chi connectivity index (χ4v) is 3.60. The molecule has 0 N–H and O–H groups in total. The molecule has 29 heavy (non-hydrogen) atoms. The summed E-state index contributed by atoms with van der Waals surface area (Å²) in [5, 5.41) is 0. The minimum absolute atomic E-state index is 0.0703. The van der Waals surface area contributed by atoms with Crippen molar-refractivity contribution < 1.29 is 23.9 Å². The van der Waals surface area contributed by atoms with Gasteiger partial charge in [-0.15, -0.1) is 0 Å². The number of nitrogens with zero attached hydrogens (tertiary/aromatic N) is 3. The number of hydrogen-bond donors (Lipinski definition) is 0. The number of hydrogen-bond acceptors (Lipinski definition) is 6. The summed E-state index contributed by atoms with van der Waals surface area (Å²) in [6, 6.07) is 7.73. The van der Waals surface area contributed by atoms with Crippen molar-refractivity contribution in [3.05, 3.63) is 24.3 Å². The third kappa shape index (κ3) is 4.99. The Labute approximate surface area is 171 Å². The van der Waals surface area contributed by atoms with Gasteiger partial charge in [0.15, 0.2) is 0 Å². The van der Waals surface area contributed by atoms with Gasteiger partial charge >= 0.3 is 12.1 Å². The van der Waals surface area contributed by atoms with Crippen molar-refractivity contribution in [3.63, 3.8) is 0 Å². The Hall–Kier alpha value is -2.77. The van der Waals surface area contributed by atoms with Crippen LogP contribution in [-0.2, 0) is 19.1 Å². The SMILES string of the molecule is COC(=O)C1CC(=O)N(c2ccc(N3CCN(C(=O)OC(C)(C)C)CC3)cc2)C1. The lowest BCUT2D eigenvalue weighted by atomic mass is 10.1. The van der Waals surface area contributed by atoms with Gasteiger partial charge in [0.25, 0.3) is 0 Å². The van der Waals surface area contributed by atoms with Crippen LogP contribution in [0.25, 0.3) is 0 Å². The molecule has 1 unspecified atom stereocenters. The summed E-state index contributed by atoms with van der Waals surface area (Å²) < 4.78 is 10.2. The first kappa shape index (κ1) is 21.0. The number of anilines is 2. The van der Waals surface area contributed by atoms with E-state index in [0.717, 1.165) is 11.4 Å². The summed E-state index contributed by atoms with van der Waals surface area (Å²) in [7, 11) is 1.34. The molecule has 2 heterocycles. The second-order valence-electron chi connectivity index (χ2n) is 8.40. The summed E-state index contributed by atoms with van der Waals surface area (Å²) in [5.41, 5.74) is 1.32. The summed E-state index contributed by atoms with van der Waals surface area (Å²) >= 11 is 0. The highest BCUT2D eigenvalue weighted by Gasteiger charge is 2.35. The quantitative estimate of drug-likeness (QED) is 0.721. The largest absolute Gasteiger partial charge is 0.469 e. The topological polar surface area (TPSA) is 79.4 Å². The molecule has 0 aromatic heterocycles. The Morgan fingerprint density at radius 3 is 2.14 bits per heavy atom. The van der Waals surface area contributed by atoms with Crippen molar-refractivity contribution in [2.45, 2.75) is 32.8 Å². The average molecular weight is 403 g/mol. The maximum absolute atomic E-state index is 12.2. The lowest BCUT2D eigenvalue weighted by Crippen LogP contribution is -2.50. The highest BCUT2D eigenvalue weighted by molar-refractivity contribution is 5.99. The van der Waals surface area contributed by atoms with Gasteiger partial charge in [-0.25, -0.2) is 4.79 Å². The lowest BCUT2D eigenvalue weighted by molar-refractivity contribution is -0.145. The van der Waals surface area contributed by atoms with Crippen LogP contribution >= 0.6 is 0 Å². The van der Waals surface area contributed by atoms with Gasteiger partial charge in [0.05, 0.1) is 13.0 Å². The molecule has 158 valence electrons. The molecule has 1 aromatic carbocycles. The van der Waals surface area contributed by atoms with E-state index >= 15 is 0 Å². The smallest absolute Gasteiger partial charge is 0.410 e. The number of rotatable bonds is 3. The summed E-state index contributed by atoms with van der Waals surface area (Å²) in [6.07, 6.45) is -0.0960. The van der Waals surface area contributed by atoms with Crippen molar-refractivity contribution in [2.24, 2.45) is 5.92 Å². The molecule has 2 saturated heterocycles. The molecule has 0 radical (unpaired) electrons. The van der Waals surface area contributed by atoms with Crippen molar-refractivity contribution in [1.82, 2.24) is 4.90 Å². The molecule has 2 aliphatic rings. The van der Waals surface area contributed by atoms with Crippen LogP contribution in [0.4, 0.5) is 16.2 Å². The summed E-state index contributed by atoms with van der Waals surface area (Å²) in [6.45, 7) is 8.56. The number of esters is 1. The minimum atomic E-state index is -0.496. The van der Waals surface area contributed by atoms with Crippen LogP contribution in [0.15, 0.2) is 24.3 Å². The predicted octanol–water partition coefficient (Wildman–Crippen LogP) is 2.27. The molecular weight excluding hydrogens is 374 g/mol. The van der Waals surface area contributed by atoms with Gasteiger partial charge < -0.3 is 24.2 Å². The van der Waals surface area contributed by atoms with Gasteiger partial charge in [0.2, 0.25) is 5.91 Å². The number of ether oxygens (including phenoxy) is 2. The van der Waals surface area contributed by atoms with E-state index in [-0.39, 0.29) is 24.4 Å². The molecule has 3 rings (SSSR count). The van der Waals surface area contributed by atoms with Crippen molar-refractivity contribution in [2.75, 3.05) is 49.6 Å². The predicted molar refractivity (Wildman–Crippen MR) is 109 cm³/mol. The van der Waals surface area contributed by atoms with E-state index in [1.54, 1.807) is 9.80 Å². The third-order valence-corrected chi connectivity index (χ3v) is 5.12. The fourth-order valence-electron chi connectivity index (χ4n) is 3.60. The van der Waals surface area contributed by atoms with Crippen LogP contribution in [0.3, 0.4) is 0 Å². The molecule has 0 saturated carbocycles. The van der Waals surface area contributed by atoms with Crippen LogP contribution in [-0.4, -0.2) is 68.3 Å².